The minimum Gasteiger partial charge on any atom is -0.505 e. The molecule has 0 spiro atoms. The molecule has 0 radical (unpaired) electrons. The van der Waals surface area contributed by atoms with E-state index in [0.29, 0.717) is 87.4 Å². The predicted octanol–water partition coefficient (Wildman–Crippen LogP) is 8.45. The molecule has 2 aromatic carbocycles. The van der Waals surface area contributed by atoms with Crippen molar-refractivity contribution < 1.29 is 59.3 Å². The van der Waals surface area contributed by atoms with Gasteiger partial charge in [-0.3, -0.25) is 0 Å². The van der Waals surface area contributed by atoms with Crippen LogP contribution in [0.4, 0.5) is 29.9 Å². The number of rotatable bonds is 10. The summed E-state index contributed by atoms with van der Waals surface area (Å²) < 4.78 is 97.8. The van der Waals surface area contributed by atoms with Gasteiger partial charge >= 0.3 is 12.2 Å². The maximum atomic E-state index is 14.6. The van der Waals surface area contributed by atoms with E-state index in [2.05, 4.69) is 25.3 Å². The number of aromatic nitrogens is 4. The minimum absolute atomic E-state index is 0.0116. The number of nitrogens with one attached hydrogen (secondary N) is 1. The highest BCUT2D eigenvalue weighted by Crippen LogP contribution is 2.36. The zero-order chi connectivity index (χ0) is 50.3. The molecule has 69 heavy (non-hydrogen) atoms. The number of anilines is 2. The van der Waals surface area contributed by atoms with Crippen LogP contribution in [0.25, 0.3) is 0 Å². The number of phenols is 1. The second kappa shape index (κ2) is 22.0. The molecular formula is C46H58ClF2N7O11S2. The number of hydrogen-bond donors (Lipinski definition) is 2. The van der Waals surface area contributed by atoms with Crippen LogP contribution in [0.5, 0.6) is 17.5 Å². The van der Waals surface area contributed by atoms with Gasteiger partial charge in [-0.15, -0.1) is 0 Å². The Bertz CT molecular complexity index is 2670. The van der Waals surface area contributed by atoms with Crippen LogP contribution >= 0.6 is 11.6 Å². The van der Waals surface area contributed by atoms with E-state index in [4.69, 9.17) is 35.7 Å². The van der Waals surface area contributed by atoms with Gasteiger partial charge in [-0.2, -0.15) is 0 Å². The lowest BCUT2D eigenvalue weighted by atomic mass is 10.1. The molecule has 4 fully saturated rings. The summed E-state index contributed by atoms with van der Waals surface area (Å²) in [6.07, 6.45) is 7.20. The third-order valence-corrected chi connectivity index (χ3v) is 15.4. The second-order valence-electron chi connectivity index (χ2n) is 18.9. The Morgan fingerprint density at radius 2 is 1.07 bits per heavy atom. The number of aromatic hydroxyl groups is 1. The summed E-state index contributed by atoms with van der Waals surface area (Å²) in [4.78, 5) is 43.5. The lowest BCUT2D eigenvalue weighted by Crippen LogP contribution is -2.44. The van der Waals surface area contributed by atoms with E-state index in [1.54, 1.807) is 21.9 Å². The molecule has 4 aliphatic rings. The Morgan fingerprint density at radius 1 is 0.638 bits per heavy atom. The van der Waals surface area contributed by atoms with Crippen LogP contribution in [0.15, 0.2) is 71.0 Å². The van der Waals surface area contributed by atoms with Crippen molar-refractivity contribution in [2.45, 2.75) is 137 Å². The molecule has 18 nitrogen and oxygen atoms in total. The zero-order valence-electron chi connectivity index (χ0n) is 39.2. The molecule has 2 saturated heterocycles. The highest BCUT2D eigenvalue weighted by molar-refractivity contribution is 7.92. The van der Waals surface area contributed by atoms with Crippen molar-refractivity contribution in [3.63, 3.8) is 0 Å². The molecular weight excluding hydrogens is 964 g/mol. The Kier molecular flexibility index (Phi) is 16.8. The summed E-state index contributed by atoms with van der Waals surface area (Å²) in [6, 6.07) is 10.1. The molecule has 0 bridgehead atoms. The smallest absolute Gasteiger partial charge is 0.410 e. The molecule has 2 aliphatic heterocycles. The van der Waals surface area contributed by atoms with Crippen molar-refractivity contribution in [2.24, 2.45) is 0 Å². The molecule has 2 aromatic heterocycles. The van der Waals surface area contributed by atoms with E-state index >= 15 is 0 Å². The van der Waals surface area contributed by atoms with Crippen LogP contribution < -0.4 is 14.8 Å². The van der Waals surface area contributed by atoms with Crippen LogP contribution in [0.2, 0.25) is 5.15 Å². The SMILES string of the molecule is CC(C)(C)OC(=O)N1CCC(Oc2cc(Cl)ncn2)CC1.CC(C)(C)OC(=O)N1CCC(Oc2cc(Nc3ccc(S(=O)(=O)C4CC4)cc3F)ncn2)CC1.O=S(=O)(c1ccc(O)c(F)c1)C1CC1. The van der Waals surface area contributed by atoms with Crippen molar-refractivity contribution in [2.75, 3.05) is 31.5 Å². The first-order chi connectivity index (χ1) is 32.4. The number of piperidine rings is 2. The molecule has 8 rings (SSSR count). The normalized spacial score (nSPS) is 17.1. The third kappa shape index (κ3) is 15.7. The molecule has 2 aliphatic carbocycles. The van der Waals surface area contributed by atoms with E-state index in [1.807, 2.05) is 41.5 Å². The monoisotopic (exact) mass is 1020 g/mol. The van der Waals surface area contributed by atoms with Gasteiger partial charge < -0.3 is 39.2 Å². The molecule has 23 heteroatoms. The van der Waals surface area contributed by atoms with Gasteiger partial charge in [-0.1, -0.05) is 11.6 Å². The summed E-state index contributed by atoms with van der Waals surface area (Å²) in [6.45, 7) is 13.3. The summed E-state index contributed by atoms with van der Waals surface area (Å²) in [7, 11) is -6.82. The number of likely N-dealkylation sites (tertiary alicyclic amines) is 2. The van der Waals surface area contributed by atoms with Gasteiger partial charge in [0, 0.05) is 64.0 Å². The van der Waals surface area contributed by atoms with Crippen LogP contribution in [-0.2, 0) is 29.1 Å². The number of halogens is 3. The fraction of sp³-hybridized carbons (Fsp3) is 0.522. The van der Waals surface area contributed by atoms with E-state index in [1.165, 1.54) is 30.9 Å². The summed E-state index contributed by atoms with van der Waals surface area (Å²) >= 11 is 5.79. The predicted molar refractivity (Wildman–Crippen MR) is 250 cm³/mol. The Labute approximate surface area is 405 Å². The van der Waals surface area contributed by atoms with Gasteiger partial charge in [-0.25, -0.2) is 55.1 Å². The van der Waals surface area contributed by atoms with Crippen molar-refractivity contribution >= 4 is 55.0 Å². The summed E-state index contributed by atoms with van der Waals surface area (Å²) in [5, 5.41) is 11.3. The second-order valence-corrected chi connectivity index (χ2v) is 23.7. The Balaban J connectivity index is 0.000000189. The fourth-order valence-electron chi connectivity index (χ4n) is 6.88. The standard InChI is InChI=1S/C23H29FN4O5S.C14H20ClN3O3.C9H9FO3S/c1-23(2,3)33-22(29)28-10-8-15(9-11-28)32-21-13-20(25-14-26-21)27-19-7-6-17(12-18(19)24)34(30,31)16-4-5-16;1-14(2,3)21-13(19)18-6-4-10(5-7-18)20-12-8-11(15)16-9-17-12;10-8-5-7(3-4-9(8)11)14(12,13)6-1-2-6/h6-7,12-16H,4-5,8-11H2,1-3H3,(H,25,26,27);8-10H,4-7H2,1-3H3;3-6,11H,1-2H2. The zero-order valence-corrected chi connectivity index (χ0v) is 41.6. The number of carbonyl (C=O) groups is 2. The Hall–Kier alpha value is -5.61. The van der Waals surface area contributed by atoms with Gasteiger partial charge in [0.25, 0.3) is 0 Å². The lowest BCUT2D eigenvalue weighted by Gasteiger charge is -2.33. The van der Waals surface area contributed by atoms with E-state index in [0.717, 1.165) is 31.0 Å². The van der Waals surface area contributed by atoms with E-state index in [9.17, 15) is 35.2 Å². The largest absolute Gasteiger partial charge is 0.505 e. The highest BCUT2D eigenvalue weighted by atomic mass is 35.5. The first kappa shape index (κ1) is 52.8. The number of ether oxygens (including phenoxy) is 4. The van der Waals surface area contributed by atoms with Gasteiger partial charge in [0.05, 0.1) is 26.0 Å². The molecule has 0 unspecified atom stereocenters. The molecule has 4 heterocycles. The minimum atomic E-state index is -3.47. The molecule has 2 amide bonds. The van der Waals surface area contributed by atoms with Gasteiger partial charge in [-0.05, 0) is 104 Å². The van der Waals surface area contributed by atoms with Crippen molar-refractivity contribution in [3.05, 3.63) is 78.0 Å². The average molecular weight is 1020 g/mol. The maximum Gasteiger partial charge on any atom is 0.410 e. The number of benzene rings is 2. The number of carbonyl (C=O) groups excluding carboxylic acids is 2. The number of nitrogens with zero attached hydrogens (tertiary/aromatic N) is 6. The average Bonchev–Trinajstić information content (AvgIpc) is 4.19. The maximum absolute atomic E-state index is 14.6. The highest BCUT2D eigenvalue weighted by Gasteiger charge is 2.38. The first-order valence-electron chi connectivity index (χ1n) is 22.5. The Morgan fingerprint density at radius 3 is 1.49 bits per heavy atom. The van der Waals surface area contributed by atoms with Crippen LogP contribution in [0.3, 0.4) is 0 Å². The molecule has 4 aromatic rings. The lowest BCUT2D eigenvalue weighted by molar-refractivity contribution is 0.0111. The number of amides is 2. The fourth-order valence-corrected chi connectivity index (χ4v) is 10.4. The number of sulfone groups is 2. The van der Waals surface area contributed by atoms with Crippen LogP contribution in [0, 0.1) is 11.6 Å². The number of phenolic OH excluding ortho intramolecular Hbond substituents is 1. The molecule has 376 valence electrons. The van der Waals surface area contributed by atoms with E-state index in [-0.39, 0.29) is 45.1 Å². The molecule has 2 N–H and O–H groups in total. The van der Waals surface area contributed by atoms with Crippen molar-refractivity contribution in [1.29, 1.82) is 0 Å². The van der Waals surface area contributed by atoms with Gasteiger partial charge in [0.2, 0.25) is 11.8 Å². The summed E-state index contributed by atoms with van der Waals surface area (Å²) in [5.74, 6) is -1.01. The number of hydrogen-bond acceptors (Lipinski definition) is 16. The van der Waals surface area contributed by atoms with E-state index < -0.39 is 53.5 Å². The molecule has 0 atom stereocenters. The van der Waals surface area contributed by atoms with Gasteiger partial charge in [0.1, 0.15) is 52.9 Å². The first-order valence-corrected chi connectivity index (χ1v) is 25.9. The quantitative estimate of drug-likeness (QED) is 0.142. The third-order valence-electron chi connectivity index (χ3n) is 10.7. The topological polar surface area (TPSA) is 230 Å². The van der Waals surface area contributed by atoms with Gasteiger partial charge in [0.15, 0.2) is 31.2 Å². The summed E-state index contributed by atoms with van der Waals surface area (Å²) in [5.41, 5.74) is -0.910. The van der Waals surface area contributed by atoms with Crippen molar-refractivity contribution in [3.8, 4) is 17.5 Å². The van der Waals surface area contributed by atoms with Crippen LogP contribution in [-0.4, -0.2) is 124 Å². The molecule has 2 saturated carbocycles. The van der Waals surface area contributed by atoms with Crippen LogP contribution in [0.1, 0.15) is 92.9 Å². The van der Waals surface area contributed by atoms with Crippen molar-refractivity contribution in [1.82, 2.24) is 29.7 Å².